The van der Waals surface area contributed by atoms with Gasteiger partial charge in [0.2, 0.25) is 5.91 Å². The molecule has 4 heteroatoms. The second-order valence-corrected chi connectivity index (χ2v) is 10.5. The molecule has 1 amide bonds. The van der Waals surface area contributed by atoms with Gasteiger partial charge in [-0.1, -0.05) is 20.8 Å². The molecule has 1 N–H and O–H groups in total. The molecule has 0 saturated carbocycles. The van der Waals surface area contributed by atoms with Crippen LogP contribution < -0.4 is 5.32 Å². The average molecular weight is 364 g/mol. The van der Waals surface area contributed by atoms with E-state index >= 15 is 0 Å². The van der Waals surface area contributed by atoms with Gasteiger partial charge in [0.05, 0.1) is 0 Å². The Morgan fingerprint density at radius 2 is 1.58 bits per heavy atom. The van der Waals surface area contributed by atoms with Crippen LogP contribution in [0.25, 0.3) is 0 Å². The molecule has 0 aromatic heterocycles. The van der Waals surface area contributed by atoms with E-state index in [2.05, 4.69) is 42.8 Å². The molecule has 3 saturated heterocycles. The first-order valence-corrected chi connectivity index (χ1v) is 11.0. The molecule has 1 spiro atoms. The van der Waals surface area contributed by atoms with Gasteiger partial charge in [0, 0.05) is 25.6 Å². The van der Waals surface area contributed by atoms with Gasteiger partial charge in [0.25, 0.3) is 0 Å². The maximum Gasteiger partial charge on any atom is 0.223 e. The third-order valence-corrected chi connectivity index (χ3v) is 7.36. The highest BCUT2D eigenvalue weighted by molar-refractivity contribution is 5.76. The number of rotatable bonds is 3. The third-order valence-electron chi connectivity index (χ3n) is 7.36. The lowest BCUT2D eigenvalue weighted by Gasteiger charge is -2.49. The fraction of sp³-hybridized carbons (Fsp3) is 0.955. The molecular weight excluding hydrogens is 322 g/mol. The number of nitrogens with zero attached hydrogens (tertiary/aromatic N) is 2. The summed E-state index contributed by atoms with van der Waals surface area (Å²) in [5, 5.41) is 3.50. The SMILES string of the molecule is CC(C1CCNCC1)N1CCC2(CCN(C(=O)CC(C)(C)C)CC2)CC1. The van der Waals surface area contributed by atoms with Gasteiger partial charge in [-0.2, -0.15) is 0 Å². The van der Waals surface area contributed by atoms with Crippen molar-refractivity contribution in [2.75, 3.05) is 39.3 Å². The van der Waals surface area contributed by atoms with Gasteiger partial charge in [-0.25, -0.2) is 0 Å². The Labute approximate surface area is 161 Å². The monoisotopic (exact) mass is 363 g/mol. The summed E-state index contributed by atoms with van der Waals surface area (Å²) in [6.45, 7) is 15.8. The van der Waals surface area contributed by atoms with Crippen molar-refractivity contribution >= 4 is 5.91 Å². The Bertz CT molecular complexity index is 460. The second kappa shape index (κ2) is 8.18. The quantitative estimate of drug-likeness (QED) is 0.833. The molecule has 3 heterocycles. The molecule has 3 rings (SSSR count). The smallest absolute Gasteiger partial charge is 0.223 e. The summed E-state index contributed by atoms with van der Waals surface area (Å²) in [4.78, 5) is 17.4. The highest BCUT2D eigenvalue weighted by Crippen LogP contribution is 2.42. The molecule has 0 radical (unpaired) electrons. The van der Waals surface area contributed by atoms with Crippen LogP contribution in [0.15, 0.2) is 0 Å². The molecule has 0 aromatic carbocycles. The Morgan fingerprint density at radius 3 is 2.12 bits per heavy atom. The first-order chi connectivity index (χ1) is 12.3. The van der Waals surface area contributed by atoms with Crippen LogP contribution in [0.3, 0.4) is 0 Å². The largest absolute Gasteiger partial charge is 0.343 e. The summed E-state index contributed by atoms with van der Waals surface area (Å²) >= 11 is 0. The van der Waals surface area contributed by atoms with Crippen molar-refractivity contribution in [2.45, 2.75) is 78.7 Å². The number of nitrogens with one attached hydrogen (secondary N) is 1. The van der Waals surface area contributed by atoms with E-state index in [-0.39, 0.29) is 5.41 Å². The highest BCUT2D eigenvalue weighted by atomic mass is 16.2. The van der Waals surface area contributed by atoms with E-state index in [1.54, 1.807) is 0 Å². The van der Waals surface area contributed by atoms with Gasteiger partial charge >= 0.3 is 0 Å². The fourth-order valence-corrected chi connectivity index (χ4v) is 5.33. The van der Waals surface area contributed by atoms with Crippen molar-refractivity contribution in [3.63, 3.8) is 0 Å². The number of piperidine rings is 3. The van der Waals surface area contributed by atoms with E-state index in [1.807, 2.05) is 0 Å². The third kappa shape index (κ3) is 5.01. The molecule has 0 aromatic rings. The number of hydrogen-bond donors (Lipinski definition) is 1. The van der Waals surface area contributed by atoms with Crippen molar-refractivity contribution in [2.24, 2.45) is 16.7 Å². The molecule has 150 valence electrons. The molecule has 1 atom stereocenters. The van der Waals surface area contributed by atoms with Crippen LogP contribution in [-0.2, 0) is 4.79 Å². The molecule has 0 aliphatic carbocycles. The topological polar surface area (TPSA) is 35.6 Å². The van der Waals surface area contributed by atoms with Crippen molar-refractivity contribution in [1.82, 2.24) is 15.1 Å². The average Bonchev–Trinajstić information content (AvgIpc) is 2.62. The summed E-state index contributed by atoms with van der Waals surface area (Å²) in [6.07, 6.45) is 8.48. The lowest BCUT2D eigenvalue weighted by molar-refractivity contribution is -0.136. The van der Waals surface area contributed by atoms with E-state index in [9.17, 15) is 4.79 Å². The van der Waals surface area contributed by atoms with Crippen LogP contribution in [-0.4, -0.2) is 61.0 Å². The van der Waals surface area contributed by atoms with E-state index in [4.69, 9.17) is 0 Å². The number of carbonyl (C=O) groups excluding carboxylic acids is 1. The minimum Gasteiger partial charge on any atom is -0.343 e. The van der Waals surface area contributed by atoms with Crippen LogP contribution in [0.5, 0.6) is 0 Å². The number of amides is 1. The molecular formula is C22H41N3O. The molecule has 3 fully saturated rings. The van der Waals surface area contributed by atoms with Crippen LogP contribution in [0.1, 0.15) is 72.6 Å². The normalized spacial score (nSPS) is 26.8. The van der Waals surface area contributed by atoms with Crippen LogP contribution in [0, 0.1) is 16.7 Å². The fourth-order valence-electron chi connectivity index (χ4n) is 5.33. The van der Waals surface area contributed by atoms with Gasteiger partial charge in [0.1, 0.15) is 0 Å². The summed E-state index contributed by atoms with van der Waals surface area (Å²) in [6, 6.07) is 0.739. The lowest BCUT2D eigenvalue weighted by atomic mass is 9.70. The summed E-state index contributed by atoms with van der Waals surface area (Å²) in [5.74, 6) is 1.24. The Balaban J connectivity index is 1.45. The number of likely N-dealkylation sites (tertiary alicyclic amines) is 2. The molecule has 1 unspecified atom stereocenters. The van der Waals surface area contributed by atoms with Gasteiger partial charge in [-0.05, 0) is 88.4 Å². The van der Waals surface area contributed by atoms with E-state index in [0.717, 1.165) is 25.0 Å². The molecule has 0 bridgehead atoms. The lowest BCUT2D eigenvalue weighted by Crippen LogP contribution is -2.52. The van der Waals surface area contributed by atoms with Crippen molar-refractivity contribution < 1.29 is 4.79 Å². The first kappa shape index (κ1) is 20.1. The highest BCUT2D eigenvalue weighted by Gasteiger charge is 2.40. The van der Waals surface area contributed by atoms with Gasteiger partial charge in [-0.15, -0.1) is 0 Å². The standard InChI is InChI=1S/C22H41N3O/c1-18(19-5-11-23-12-6-19)24-13-7-22(8-14-24)9-15-25(16-10-22)20(26)17-21(2,3)4/h18-19,23H,5-17H2,1-4H3. The van der Waals surface area contributed by atoms with Gasteiger partial charge in [-0.3, -0.25) is 4.79 Å². The molecule has 3 aliphatic rings. The van der Waals surface area contributed by atoms with Crippen molar-refractivity contribution in [1.29, 1.82) is 0 Å². The minimum atomic E-state index is 0.0995. The molecule has 4 nitrogen and oxygen atoms in total. The zero-order valence-electron chi connectivity index (χ0n) is 17.6. The zero-order chi connectivity index (χ0) is 18.8. The number of hydrogen-bond acceptors (Lipinski definition) is 3. The second-order valence-electron chi connectivity index (χ2n) is 10.5. The Morgan fingerprint density at radius 1 is 1.04 bits per heavy atom. The maximum absolute atomic E-state index is 12.5. The summed E-state index contributed by atoms with van der Waals surface area (Å²) in [7, 11) is 0. The predicted molar refractivity (Wildman–Crippen MR) is 108 cm³/mol. The maximum atomic E-state index is 12.5. The number of carbonyl (C=O) groups is 1. The summed E-state index contributed by atoms with van der Waals surface area (Å²) < 4.78 is 0. The van der Waals surface area contributed by atoms with Crippen LogP contribution in [0.2, 0.25) is 0 Å². The molecule has 3 aliphatic heterocycles. The summed E-state index contributed by atoms with van der Waals surface area (Å²) in [5.41, 5.74) is 0.616. The van der Waals surface area contributed by atoms with Crippen molar-refractivity contribution in [3.8, 4) is 0 Å². The Hall–Kier alpha value is -0.610. The van der Waals surface area contributed by atoms with Crippen molar-refractivity contribution in [3.05, 3.63) is 0 Å². The van der Waals surface area contributed by atoms with E-state index in [0.29, 0.717) is 17.7 Å². The van der Waals surface area contributed by atoms with Crippen LogP contribution in [0.4, 0.5) is 0 Å². The predicted octanol–water partition coefficient (Wildman–Crippen LogP) is 3.52. The van der Waals surface area contributed by atoms with E-state index < -0.39 is 0 Å². The molecule has 26 heavy (non-hydrogen) atoms. The first-order valence-electron chi connectivity index (χ1n) is 11.0. The van der Waals surface area contributed by atoms with Gasteiger partial charge < -0.3 is 15.1 Å². The van der Waals surface area contributed by atoms with E-state index in [1.165, 1.54) is 64.7 Å². The zero-order valence-corrected chi connectivity index (χ0v) is 17.6. The van der Waals surface area contributed by atoms with Gasteiger partial charge in [0.15, 0.2) is 0 Å². The minimum absolute atomic E-state index is 0.0995. The Kier molecular flexibility index (Phi) is 6.33. The van der Waals surface area contributed by atoms with Crippen LogP contribution >= 0.6 is 0 Å².